The zero-order valence-electron chi connectivity index (χ0n) is 22.0. The number of carbonyl (C=O) groups is 5. The molecule has 0 unspecified atom stereocenters. The number of nitrogens with one attached hydrogen (secondary N) is 1. The van der Waals surface area contributed by atoms with E-state index in [1.165, 1.54) is 0 Å². The Labute approximate surface area is 240 Å². The first-order valence-corrected chi connectivity index (χ1v) is 13.3. The fourth-order valence-electron chi connectivity index (χ4n) is 4.18. The van der Waals surface area contributed by atoms with Crippen LogP contribution in [0.3, 0.4) is 0 Å². The van der Waals surface area contributed by atoms with E-state index in [-0.39, 0.29) is 32.1 Å². The number of aromatic nitrogens is 1. The van der Waals surface area contributed by atoms with E-state index < -0.39 is 54.3 Å². The van der Waals surface area contributed by atoms with Crippen LogP contribution >= 0.6 is 11.6 Å². The number of amides is 2. The summed E-state index contributed by atoms with van der Waals surface area (Å²) < 4.78 is 5.37. The van der Waals surface area contributed by atoms with Gasteiger partial charge in [-0.3, -0.25) is 24.0 Å². The number of nitrogens with zero attached hydrogens (tertiary/aromatic N) is 1. The molecule has 216 valence electrons. The van der Waals surface area contributed by atoms with Gasteiger partial charge in [-0.1, -0.05) is 53.2 Å². The van der Waals surface area contributed by atoms with E-state index in [0.29, 0.717) is 16.5 Å². The van der Waals surface area contributed by atoms with E-state index in [1.54, 1.807) is 12.1 Å². The number of benzene rings is 2. The van der Waals surface area contributed by atoms with Crippen molar-refractivity contribution in [2.45, 2.75) is 51.0 Å². The first-order chi connectivity index (χ1) is 19.5. The summed E-state index contributed by atoms with van der Waals surface area (Å²) >= 11 is 6.07. The van der Waals surface area contributed by atoms with Gasteiger partial charge < -0.3 is 25.8 Å². The first kappa shape index (κ1) is 31.0. The number of nitrogens with two attached hydrogens (primary N) is 1. The van der Waals surface area contributed by atoms with Gasteiger partial charge in [0.15, 0.2) is 5.78 Å². The molecule has 3 aromatic rings. The highest BCUT2D eigenvalue weighted by Gasteiger charge is 2.27. The summed E-state index contributed by atoms with van der Waals surface area (Å²) in [6.45, 7) is 0. The number of carboxylic acid groups (broad SMARTS) is 2. The average Bonchev–Trinajstić information content (AvgIpc) is 3.41. The van der Waals surface area contributed by atoms with E-state index in [4.69, 9.17) is 32.1 Å². The molecule has 0 bridgehead atoms. The van der Waals surface area contributed by atoms with Crippen molar-refractivity contribution in [3.05, 3.63) is 65.4 Å². The largest absolute Gasteiger partial charge is 0.481 e. The second-order valence-corrected chi connectivity index (χ2v) is 9.96. The van der Waals surface area contributed by atoms with Gasteiger partial charge in [0, 0.05) is 54.7 Å². The standard InChI is InChI=1S/C29H30ClN3O8/c30-21-3-1-2-19(14-21)17-4-6-18(7-5-17)24-16-22(41-33-24)9-11-26(35)32-23(10-13-28(38)39)25(34)15-20(29(31)40)8-12-27(36)37/h1-7,14,16,20,23H,8-13,15H2,(H2,31,40)(H,32,35)(H,36,37)(H,38,39)/t20-,23+/m1/s1. The molecule has 5 N–H and O–H groups in total. The third-order valence-corrected chi connectivity index (χ3v) is 6.66. The highest BCUT2D eigenvalue weighted by molar-refractivity contribution is 6.30. The number of Topliss-reactive ketones (excluding diaryl/α,β-unsaturated/α-hetero) is 1. The molecule has 3 rings (SSSR count). The van der Waals surface area contributed by atoms with E-state index >= 15 is 0 Å². The van der Waals surface area contributed by atoms with Crippen LogP contribution in [0.2, 0.25) is 5.02 Å². The Hall–Kier alpha value is -4.51. The van der Waals surface area contributed by atoms with Crippen molar-refractivity contribution < 1.29 is 38.7 Å². The molecule has 0 spiro atoms. The van der Waals surface area contributed by atoms with Gasteiger partial charge in [0.25, 0.3) is 0 Å². The van der Waals surface area contributed by atoms with Crippen molar-refractivity contribution in [3.63, 3.8) is 0 Å². The summed E-state index contributed by atoms with van der Waals surface area (Å²) in [5.74, 6) is -4.90. The molecule has 2 aromatic carbocycles. The van der Waals surface area contributed by atoms with Crippen LogP contribution < -0.4 is 11.1 Å². The Bertz CT molecular complexity index is 1400. The third kappa shape index (κ3) is 9.87. The van der Waals surface area contributed by atoms with Crippen molar-refractivity contribution in [1.29, 1.82) is 0 Å². The molecular formula is C29H30ClN3O8. The smallest absolute Gasteiger partial charge is 0.303 e. The van der Waals surface area contributed by atoms with Gasteiger partial charge in [0.1, 0.15) is 11.5 Å². The van der Waals surface area contributed by atoms with Crippen LogP contribution in [0.4, 0.5) is 0 Å². The number of hydrogen-bond donors (Lipinski definition) is 4. The maximum Gasteiger partial charge on any atom is 0.303 e. The molecule has 0 aliphatic carbocycles. The Morgan fingerprint density at radius 2 is 1.54 bits per heavy atom. The lowest BCUT2D eigenvalue weighted by molar-refractivity contribution is -0.139. The molecule has 0 saturated heterocycles. The van der Waals surface area contributed by atoms with Crippen molar-refractivity contribution >= 4 is 41.1 Å². The lowest BCUT2D eigenvalue weighted by Gasteiger charge is -2.19. The minimum Gasteiger partial charge on any atom is -0.481 e. The number of carboxylic acids is 2. The Morgan fingerprint density at radius 1 is 0.878 bits per heavy atom. The number of ketones is 1. The fourth-order valence-corrected chi connectivity index (χ4v) is 4.37. The number of primary amides is 1. The number of hydrogen-bond acceptors (Lipinski definition) is 7. The van der Waals surface area contributed by atoms with Crippen molar-refractivity contribution in [2.75, 3.05) is 0 Å². The van der Waals surface area contributed by atoms with E-state index in [9.17, 15) is 24.0 Å². The summed E-state index contributed by atoms with van der Waals surface area (Å²) in [6, 6.07) is 15.7. The molecule has 1 aromatic heterocycles. The van der Waals surface area contributed by atoms with Crippen LogP contribution in [-0.4, -0.2) is 50.9 Å². The summed E-state index contributed by atoms with van der Waals surface area (Å²) in [6.07, 6.45) is -1.41. The maximum atomic E-state index is 12.8. The van der Waals surface area contributed by atoms with Gasteiger partial charge >= 0.3 is 11.9 Å². The monoisotopic (exact) mass is 583 g/mol. The van der Waals surface area contributed by atoms with E-state index in [2.05, 4.69) is 10.5 Å². The van der Waals surface area contributed by atoms with Crippen LogP contribution in [0, 0.1) is 5.92 Å². The normalized spacial score (nSPS) is 12.3. The van der Waals surface area contributed by atoms with Gasteiger partial charge in [0.05, 0.1) is 6.04 Å². The minimum absolute atomic E-state index is 0.0720. The van der Waals surface area contributed by atoms with Crippen LogP contribution in [0.5, 0.6) is 0 Å². The predicted octanol–water partition coefficient (Wildman–Crippen LogP) is 3.87. The zero-order chi connectivity index (χ0) is 29.9. The van der Waals surface area contributed by atoms with Gasteiger partial charge in [0.2, 0.25) is 11.8 Å². The molecular weight excluding hydrogens is 554 g/mol. The van der Waals surface area contributed by atoms with Gasteiger partial charge in [-0.15, -0.1) is 0 Å². The second kappa shape index (κ2) is 14.8. The van der Waals surface area contributed by atoms with E-state index in [0.717, 1.165) is 16.7 Å². The number of aliphatic carboxylic acids is 2. The fraction of sp³-hybridized carbons (Fsp3) is 0.310. The number of halogens is 1. The van der Waals surface area contributed by atoms with E-state index in [1.807, 2.05) is 42.5 Å². The average molecular weight is 584 g/mol. The lowest BCUT2D eigenvalue weighted by Crippen LogP contribution is -2.43. The third-order valence-electron chi connectivity index (χ3n) is 6.42. The molecule has 41 heavy (non-hydrogen) atoms. The van der Waals surface area contributed by atoms with Gasteiger partial charge in [-0.05, 0) is 36.1 Å². The molecule has 11 nitrogen and oxygen atoms in total. The first-order valence-electron chi connectivity index (χ1n) is 12.9. The highest BCUT2D eigenvalue weighted by atomic mass is 35.5. The van der Waals surface area contributed by atoms with Gasteiger partial charge in [-0.2, -0.15) is 0 Å². The van der Waals surface area contributed by atoms with Crippen molar-refractivity contribution in [1.82, 2.24) is 10.5 Å². The Balaban J connectivity index is 1.59. The molecule has 2 atom stereocenters. The molecule has 0 aliphatic rings. The lowest BCUT2D eigenvalue weighted by atomic mass is 9.92. The molecule has 12 heteroatoms. The molecule has 0 fully saturated rings. The summed E-state index contributed by atoms with van der Waals surface area (Å²) in [5.41, 5.74) is 8.64. The topological polar surface area (TPSA) is 190 Å². The van der Waals surface area contributed by atoms with Crippen LogP contribution in [0.15, 0.2) is 59.1 Å². The van der Waals surface area contributed by atoms with Crippen LogP contribution in [0.1, 0.15) is 44.3 Å². The zero-order valence-corrected chi connectivity index (χ0v) is 22.8. The molecule has 2 amide bonds. The maximum absolute atomic E-state index is 12.8. The van der Waals surface area contributed by atoms with Crippen LogP contribution in [-0.2, 0) is 30.4 Å². The highest BCUT2D eigenvalue weighted by Crippen LogP contribution is 2.26. The number of aryl methyl sites for hydroxylation is 1. The summed E-state index contributed by atoms with van der Waals surface area (Å²) in [5, 5.41) is 25.1. The molecule has 0 radical (unpaired) electrons. The predicted molar refractivity (Wildman–Crippen MR) is 149 cm³/mol. The SMILES string of the molecule is NC(=O)[C@H](CCC(=O)O)CC(=O)[C@H](CCC(=O)O)NC(=O)CCc1cc(-c2ccc(-c3cccc(Cl)c3)cc2)no1. The molecule has 0 saturated carbocycles. The second-order valence-electron chi connectivity index (χ2n) is 9.52. The van der Waals surface area contributed by atoms with Crippen LogP contribution in [0.25, 0.3) is 22.4 Å². The van der Waals surface area contributed by atoms with Gasteiger partial charge in [-0.25, -0.2) is 0 Å². The Morgan fingerprint density at radius 3 is 2.17 bits per heavy atom. The van der Waals surface area contributed by atoms with Crippen molar-refractivity contribution in [3.8, 4) is 22.4 Å². The summed E-state index contributed by atoms with van der Waals surface area (Å²) in [4.78, 5) is 59.0. The van der Waals surface area contributed by atoms with Crippen molar-refractivity contribution in [2.24, 2.45) is 11.7 Å². The minimum atomic E-state index is -1.17. The molecule has 1 heterocycles. The Kier molecular flexibility index (Phi) is 11.2. The molecule has 0 aliphatic heterocycles. The quantitative estimate of drug-likeness (QED) is 0.194. The summed E-state index contributed by atoms with van der Waals surface area (Å²) in [7, 11) is 0. The number of carbonyl (C=O) groups excluding carboxylic acids is 3. The number of rotatable bonds is 16.